The Kier molecular flexibility index (Phi) is 4.40. The second-order valence-corrected chi connectivity index (χ2v) is 5.75. The summed E-state index contributed by atoms with van der Waals surface area (Å²) in [5.41, 5.74) is 5.67. The van der Waals surface area contributed by atoms with Crippen LogP contribution >= 0.6 is 12.4 Å². The average Bonchev–Trinajstić information content (AvgIpc) is 3.11. The summed E-state index contributed by atoms with van der Waals surface area (Å²) in [6, 6.07) is 14.5. The summed E-state index contributed by atoms with van der Waals surface area (Å²) in [5.74, 6) is 0.830. The van der Waals surface area contributed by atoms with Crippen molar-refractivity contribution in [1.82, 2.24) is 14.7 Å². The molecule has 0 bridgehead atoms. The molecule has 5 heteroatoms. The van der Waals surface area contributed by atoms with Gasteiger partial charge >= 0.3 is 0 Å². The van der Waals surface area contributed by atoms with Crippen LogP contribution in [0, 0.1) is 13.8 Å². The predicted molar refractivity (Wildman–Crippen MR) is 97.5 cm³/mol. The second-order valence-electron chi connectivity index (χ2n) is 5.75. The van der Waals surface area contributed by atoms with Crippen molar-refractivity contribution < 1.29 is 4.52 Å². The van der Waals surface area contributed by atoms with Crippen LogP contribution in [0.15, 0.2) is 59.4 Å². The number of aryl methyl sites for hydroxylation is 2. The minimum atomic E-state index is 0. The summed E-state index contributed by atoms with van der Waals surface area (Å²) >= 11 is 0. The molecule has 0 radical (unpaired) electrons. The Morgan fingerprint density at radius 1 is 1.08 bits per heavy atom. The molecule has 3 heterocycles. The molecule has 0 atom stereocenters. The topological polar surface area (TPSA) is 43.9 Å². The van der Waals surface area contributed by atoms with Crippen molar-refractivity contribution in [2.45, 2.75) is 20.4 Å². The molecule has 1 aromatic carbocycles. The molecule has 122 valence electrons. The molecule has 0 amide bonds. The molecule has 0 fully saturated rings. The van der Waals surface area contributed by atoms with Crippen LogP contribution in [0.25, 0.3) is 22.2 Å². The van der Waals surface area contributed by atoms with Crippen molar-refractivity contribution in [3.63, 3.8) is 0 Å². The van der Waals surface area contributed by atoms with Gasteiger partial charge < -0.3 is 9.09 Å². The third-order valence-corrected chi connectivity index (χ3v) is 4.16. The SMILES string of the molecule is Cc1cc(Cn2c(-c3cccnc3)c(C)c3ccccc32)no1.Cl. The quantitative estimate of drug-likeness (QED) is 0.539. The van der Waals surface area contributed by atoms with E-state index in [0.29, 0.717) is 6.54 Å². The normalized spacial score (nSPS) is 10.8. The van der Waals surface area contributed by atoms with E-state index in [-0.39, 0.29) is 12.4 Å². The summed E-state index contributed by atoms with van der Waals surface area (Å²) in [5, 5.41) is 5.41. The number of hydrogen-bond acceptors (Lipinski definition) is 3. The Labute approximate surface area is 146 Å². The summed E-state index contributed by atoms with van der Waals surface area (Å²) in [4.78, 5) is 4.28. The van der Waals surface area contributed by atoms with Crippen molar-refractivity contribution in [1.29, 1.82) is 0 Å². The summed E-state index contributed by atoms with van der Waals surface area (Å²) in [6.07, 6.45) is 3.71. The highest BCUT2D eigenvalue weighted by Crippen LogP contribution is 2.33. The Balaban J connectivity index is 0.00000169. The number of aromatic nitrogens is 3. The average molecular weight is 340 g/mol. The lowest BCUT2D eigenvalue weighted by Gasteiger charge is -2.10. The summed E-state index contributed by atoms with van der Waals surface area (Å²) in [6.45, 7) is 4.75. The van der Waals surface area contributed by atoms with E-state index in [4.69, 9.17) is 4.52 Å². The number of para-hydroxylation sites is 1. The van der Waals surface area contributed by atoms with Crippen molar-refractivity contribution in [2.75, 3.05) is 0 Å². The Morgan fingerprint density at radius 2 is 1.92 bits per heavy atom. The molecule has 4 aromatic rings. The van der Waals surface area contributed by atoms with Gasteiger partial charge in [0.1, 0.15) is 11.5 Å². The van der Waals surface area contributed by atoms with Gasteiger partial charge in [0, 0.05) is 34.9 Å². The molecule has 0 saturated carbocycles. The Bertz CT molecular complexity index is 973. The van der Waals surface area contributed by atoms with Crippen LogP contribution in [0.2, 0.25) is 0 Å². The van der Waals surface area contributed by atoms with Crippen molar-refractivity contribution >= 4 is 23.3 Å². The molecule has 3 aromatic heterocycles. The van der Waals surface area contributed by atoms with Crippen LogP contribution in [0.5, 0.6) is 0 Å². The van der Waals surface area contributed by atoms with E-state index in [2.05, 4.69) is 52.0 Å². The first-order valence-corrected chi connectivity index (χ1v) is 7.64. The lowest BCUT2D eigenvalue weighted by Crippen LogP contribution is -2.02. The zero-order chi connectivity index (χ0) is 15.8. The third-order valence-electron chi connectivity index (χ3n) is 4.16. The van der Waals surface area contributed by atoms with Gasteiger partial charge in [0.2, 0.25) is 0 Å². The number of fused-ring (bicyclic) bond motifs is 1. The van der Waals surface area contributed by atoms with Crippen molar-refractivity contribution in [3.8, 4) is 11.3 Å². The molecule has 0 aliphatic heterocycles. The maximum Gasteiger partial charge on any atom is 0.133 e. The standard InChI is InChI=1S/C19H17N3O.ClH/c1-13-10-16(21-23-13)12-22-18-8-4-3-7-17(18)14(2)19(22)15-6-5-9-20-11-15;/h3-11H,12H2,1-2H3;1H. The number of benzene rings is 1. The van der Waals surface area contributed by atoms with Crippen LogP contribution in [-0.2, 0) is 6.54 Å². The van der Waals surface area contributed by atoms with Gasteiger partial charge in [0.25, 0.3) is 0 Å². The molecular formula is C19H18ClN3O. The number of nitrogens with zero attached hydrogens (tertiary/aromatic N) is 3. The highest BCUT2D eigenvalue weighted by molar-refractivity contribution is 5.91. The zero-order valence-corrected chi connectivity index (χ0v) is 14.4. The first-order valence-electron chi connectivity index (χ1n) is 7.64. The minimum absolute atomic E-state index is 0. The van der Waals surface area contributed by atoms with Crippen molar-refractivity contribution in [2.24, 2.45) is 0 Å². The smallest absolute Gasteiger partial charge is 0.133 e. The number of pyridine rings is 1. The molecular weight excluding hydrogens is 322 g/mol. The van der Waals surface area contributed by atoms with E-state index >= 15 is 0 Å². The van der Waals surface area contributed by atoms with Gasteiger partial charge in [-0.25, -0.2) is 0 Å². The molecule has 0 unspecified atom stereocenters. The highest BCUT2D eigenvalue weighted by Gasteiger charge is 2.16. The first-order chi connectivity index (χ1) is 11.2. The van der Waals surface area contributed by atoms with Gasteiger partial charge in [0.15, 0.2) is 0 Å². The lowest BCUT2D eigenvalue weighted by atomic mass is 10.1. The van der Waals surface area contributed by atoms with E-state index in [9.17, 15) is 0 Å². The molecule has 0 aliphatic rings. The van der Waals surface area contributed by atoms with Crippen LogP contribution in [0.3, 0.4) is 0 Å². The van der Waals surface area contributed by atoms with Crippen LogP contribution in [0.1, 0.15) is 17.0 Å². The van der Waals surface area contributed by atoms with Crippen LogP contribution in [0.4, 0.5) is 0 Å². The first kappa shape index (κ1) is 16.3. The molecule has 0 spiro atoms. The third kappa shape index (κ3) is 2.69. The van der Waals surface area contributed by atoms with Gasteiger partial charge in [-0.05, 0) is 37.6 Å². The molecule has 0 aliphatic carbocycles. The number of hydrogen-bond donors (Lipinski definition) is 0. The van der Waals surface area contributed by atoms with Crippen LogP contribution in [-0.4, -0.2) is 14.7 Å². The molecule has 0 saturated heterocycles. The van der Waals surface area contributed by atoms with Gasteiger partial charge in [-0.3, -0.25) is 4.98 Å². The summed E-state index contributed by atoms with van der Waals surface area (Å²) in [7, 11) is 0. The molecule has 4 nitrogen and oxygen atoms in total. The largest absolute Gasteiger partial charge is 0.361 e. The van der Waals surface area contributed by atoms with E-state index < -0.39 is 0 Å². The Hall–Kier alpha value is -2.59. The van der Waals surface area contributed by atoms with Gasteiger partial charge in [-0.15, -0.1) is 12.4 Å². The lowest BCUT2D eigenvalue weighted by molar-refractivity contribution is 0.389. The van der Waals surface area contributed by atoms with Gasteiger partial charge in [-0.2, -0.15) is 0 Å². The van der Waals surface area contributed by atoms with E-state index in [1.165, 1.54) is 22.2 Å². The molecule has 24 heavy (non-hydrogen) atoms. The fourth-order valence-electron chi connectivity index (χ4n) is 3.17. The van der Waals surface area contributed by atoms with Crippen LogP contribution < -0.4 is 0 Å². The fraction of sp³-hybridized carbons (Fsp3) is 0.158. The summed E-state index contributed by atoms with van der Waals surface area (Å²) < 4.78 is 7.52. The van der Waals surface area contributed by atoms with E-state index in [1.54, 1.807) is 6.20 Å². The predicted octanol–water partition coefficient (Wildman–Crippen LogP) is 4.78. The molecule has 4 rings (SSSR count). The molecule has 0 N–H and O–H groups in total. The van der Waals surface area contributed by atoms with Gasteiger partial charge in [0.05, 0.1) is 12.2 Å². The fourth-order valence-corrected chi connectivity index (χ4v) is 3.17. The monoisotopic (exact) mass is 339 g/mol. The minimum Gasteiger partial charge on any atom is -0.361 e. The second kappa shape index (κ2) is 6.49. The maximum atomic E-state index is 5.23. The Morgan fingerprint density at radius 3 is 2.62 bits per heavy atom. The van der Waals surface area contributed by atoms with E-state index in [1.807, 2.05) is 25.3 Å². The van der Waals surface area contributed by atoms with E-state index in [0.717, 1.165) is 17.0 Å². The van der Waals surface area contributed by atoms with Crippen molar-refractivity contribution in [3.05, 3.63) is 71.9 Å². The van der Waals surface area contributed by atoms with Gasteiger partial charge in [-0.1, -0.05) is 23.4 Å². The highest BCUT2D eigenvalue weighted by atomic mass is 35.5. The number of rotatable bonds is 3. The number of halogens is 1. The maximum absolute atomic E-state index is 5.23. The zero-order valence-electron chi connectivity index (χ0n) is 13.6.